The third-order valence-electron chi connectivity index (χ3n) is 9.05. The molecule has 0 bridgehead atoms. The van der Waals surface area contributed by atoms with E-state index in [4.69, 9.17) is 9.47 Å². The average Bonchev–Trinajstić information content (AvgIpc) is 3.04. The Bertz CT molecular complexity index is 698. The SMILES string of the molecule is CCCCCCCCCCCCCC[C@@H](O)[C@@H](O)[C@H](CO[C@@H]1O[C@H](CO)[C@@H](O)C(O)C1O)NC(=O)CCCCCCCCCC. The second-order valence-electron chi connectivity index (χ2n) is 13.2. The second-order valence-corrected chi connectivity index (χ2v) is 13.2. The highest BCUT2D eigenvalue weighted by atomic mass is 16.7. The van der Waals surface area contributed by atoms with Gasteiger partial charge in [0.1, 0.15) is 30.5 Å². The summed E-state index contributed by atoms with van der Waals surface area (Å²) in [4.78, 5) is 12.8. The molecule has 2 unspecified atom stereocenters. The van der Waals surface area contributed by atoms with Gasteiger partial charge in [0.05, 0.1) is 25.4 Å². The Hall–Kier alpha value is -0.850. The summed E-state index contributed by atoms with van der Waals surface area (Å²) in [6.45, 7) is 3.53. The standard InChI is InChI=1S/C35H69NO9/c1-3-5-7-9-11-13-14-15-16-17-19-21-23-28(38)31(40)27(36-30(39)24-22-20-18-12-10-8-6-4-2)26-44-35-34(43)33(42)32(41)29(25-37)45-35/h27-29,31-35,37-38,40-43H,3-26H2,1-2H3,(H,36,39)/t27-,28+,29+,31-,32+,33?,34?,35+/m0/s1. The van der Waals surface area contributed by atoms with Crippen molar-refractivity contribution in [3.8, 4) is 0 Å². The van der Waals surface area contributed by atoms with E-state index >= 15 is 0 Å². The molecule has 0 aliphatic carbocycles. The molecule has 1 saturated heterocycles. The molecule has 268 valence electrons. The molecule has 0 saturated carbocycles. The zero-order valence-corrected chi connectivity index (χ0v) is 28.5. The number of rotatable bonds is 29. The van der Waals surface area contributed by atoms with Crippen molar-refractivity contribution in [2.45, 2.75) is 204 Å². The van der Waals surface area contributed by atoms with Crippen LogP contribution >= 0.6 is 0 Å². The quantitative estimate of drug-likeness (QED) is 0.0572. The Morgan fingerprint density at radius 3 is 1.64 bits per heavy atom. The van der Waals surface area contributed by atoms with Crippen LogP contribution < -0.4 is 5.32 Å². The Morgan fingerprint density at radius 1 is 0.689 bits per heavy atom. The van der Waals surface area contributed by atoms with Crippen LogP contribution in [0.3, 0.4) is 0 Å². The first-order chi connectivity index (χ1) is 21.8. The molecule has 10 heteroatoms. The molecule has 0 aromatic rings. The third-order valence-corrected chi connectivity index (χ3v) is 9.05. The van der Waals surface area contributed by atoms with Gasteiger partial charge in [0.15, 0.2) is 6.29 Å². The van der Waals surface area contributed by atoms with Crippen LogP contribution in [0.5, 0.6) is 0 Å². The van der Waals surface area contributed by atoms with Gasteiger partial charge in [-0.05, 0) is 12.8 Å². The van der Waals surface area contributed by atoms with Gasteiger partial charge in [-0.25, -0.2) is 0 Å². The van der Waals surface area contributed by atoms with Crippen molar-refractivity contribution in [2.75, 3.05) is 13.2 Å². The minimum atomic E-state index is -1.60. The van der Waals surface area contributed by atoms with Crippen molar-refractivity contribution in [3.05, 3.63) is 0 Å². The first kappa shape index (κ1) is 42.2. The van der Waals surface area contributed by atoms with Crippen LogP contribution in [0.2, 0.25) is 0 Å². The van der Waals surface area contributed by atoms with E-state index in [1.165, 1.54) is 77.0 Å². The van der Waals surface area contributed by atoms with Crippen molar-refractivity contribution >= 4 is 5.91 Å². The largest absolute Gasteiger partial charge is 0.394 e. The van der Waals surface area contributed by atoms with E-state index in [1.54, 1.807) is 0 Å². The summed E-state index contributed by atoms with van der Waals surface area (Å²) in [5.41, 5.74) is 0. The van der Waals surface area contributed by atoms with E-state index in [1.807, 2.05) is 0 Å². The van der Waals surface area contributed by atoms with Crippen LogP contribution in [0.15, 0.2) is 0 Å². The van der Waals surface area contributed by atoms with E-state index in [2.05, 4.69) is 19.2 Å². The van der Waals surface area contributed by atoms with Gasteiger partial charge in [-0.2, -0.15) is 0 Å². The van der Waals surface area contributed by atoms with Crippen molar-refractivity contribution in [1.82, 2.24) is 5.32 Å². The van der Waals surface area contributed by atoms with Crippen LogP contribution in [0, 0.1) is 0 Å². The number of hydrogen-bond acceptors (Lipinski definition) is 9. The molecule has 10 nitrogen and oxygen atoms in total. The third kappa shape index (κ3) is 18.9. The number of aliphatic hydroxyl groups excluding tert-OH is 6. The lowest BCUT2D eigenvalue weighted by Crippen LogP contribution is -2.60. The minimum absolute atomic E-state index is 0.264. The van der Waals surface area contributed by atoms with Crippen LogP contribution in [0.25, 0.3) is 0 Å². The molecule has 0 aromatic heterocycles. The van der Waals surface area contributed by atoms with Crippen molar-refractivity contribution in [1.29, 1.82) is 0 Å². The highest BCUT2D eigenvalue weighted by Gasteiger charge is 2.44. The summed E-state index contributed by atoms with van der Waals surface area (Å²) in [6.07, 6.45) is 14.2. The normalized spacial score (nSPS) is 24.0. The minimum Gasteiger partial charge on any atom is -0.394 e. The lowest BCUT2D eigenvalue weighted by molar-refractivity contribution is -0.303. The van der Waals surface area contributed by atoms with Crippen LogP contribution in [0.1, 0.15) is 155 Å². The molecular weight excluding hydrogens is 578 g/mol. The topological polar surface area (TPSA) is 169 Å². The summed E-state index contributed by atoms with van der Waals surface area (Å²) in [5.74, 6) is -0.264. The van der Waals surface area contributed by atoms with Gasteiger partial charge in [-0.15, -0.1) is 0 Å². The number of unbranched alkanes of at least 4 members (excludes halogenated alkanes) is 18. The predicted octanol–water partition coefficient (Wildman–Crippen LogP) is 4.63. The Kier molecular flexibility index (Phi) is 25.4. The fourth-order valence-electron chi connectivity index (χ4n) is 5.96. The maximum atomic E-state index is 12.8. The number of carbonyl (C=O) groups is 1. The van der Waals surface area contributed by atoms with Crippen molar-refractivity contribution < 1.29 is 44.9 Å². The Labute approximate surface area is 273 Å². The van der Waals surface area contributed by atoms with Crippen molar-refractivity contribution in [2.24, 2.45) is 0 Å². The number of ether oxygens (including phenoxy) is 2. The molecule has 1 fully saturated rings. The van der Waals surface area contributed by atoms with Gasteiger partial charge in [-0.1, -0.05) is 136 Å². The molecule has 45 heavy (non-hydrogen) atoms. The van der Waals surface area contributed by atoms with Gasteiger partial charge in [0.2, 0.25) is 5.91 Å². The number of carbonyl (C=O) groups excluding carboxylic acids is 1. The maximum absolute atomic E-state index is 12.8. The first-order valence-electron chi connectivity index (χ1n) is 18.3. The second kappa shape index (κ2) is 27.1. The summed E-state index contributed by atoms with van der Waals surface area (Å²) in [5, 5.41) is 64.5. The highest BCUT2D eigenvalue weighted by Crippen LogP contribution is 2.23. The summed E-state index contributed by atoms with van der Waals surface area (Å²) in [7, 11) is 0. The monoisotopic (exact) mass is 647 g/mol. The molecule has 0 spiro atoms. The number of aliphatic hydroxyl groups is 6. The fourth-order valence-corrected chi connectivity index (χ4v) is 5.96. The summed E-state index contributed by atoms with van der Waals surface area (Å²) >= 11 is 0. The van der Waals surface area contributed by atoms with E-state index < -0.39 is 55.6 Å². The molecule has 8 atom stereocenters. The molecule has 1 aliphatic heterocycles. The molecule has 1 amide bonds. The van der Waals surface area contributed by atoms with Gasteiger partial charge < -0.3 is 45.4 Å². The van der Waals surface area contributed by atoms with Crippen molar-refractivity contribution in [3.63, 3.8) is 0 Å². The van der Waals surface area contributed by atoms with Gasteiger partial charge in [0, 0.05) is 6.42 Å². The molecule has 1 rings (SSSR count). The zero-order chi connectivity index (χ0) is 33.3. The lowest BCUT2D eigenvalue weighted by Gasteiger charge is -2.40. The lowest BCUT2D eigenvalue weighted by atomic mass is 9.98. The number of hydrogen-bond donors (Lipinski definition) is 7. The molecule has 1 aliphatic rings. The first-order valence-corrected chi connectivity index (χ1v) is 18.3. The van der Waals surface area contributed by atoms with E-state index in [-0.39, 0.29) is 18.9 Å². The van der Waals surface area contributed by atoms with Crippen LogP contribution in [-0.2, 0) is 14.3 Å². The highest BCUT2D eigenvalue weighted by molar-refractivity contribution is 5.76. The van der Waals surface area contributed by atoms with Crippen LogP contribution in [0.4, 0.5) is 0 Å². The number of amides is 1. The summed E-state index contributed by atoms with van der Waals surface area (Å²) in [6, 6.07) is -0.980. The smallest absolute Gasteiger partial charge is 0.220 e. The van der Waals surface area contributed by atoms with Gasteiger partial charge >= 0.3 is 0 Å². The van der Waals surface area contributed by atoms with Gasteiger partial charge in [0.25, 0.3) is 0 Å². The maximum Gasteiger partial charge on any atom is 0.220 e. The van der Waals surface area contributed by atoms with Gasteiger partial charge in [-0.3, -0.25) is 4.79 Å². The van der Waals surface area contributed by atoms with E-state index in [9.17, 15) is 35.4 Å². The molecular formula is C35H69NO9. The number of nitrogens with one attached hydrogen (secondary N) is 1. The summed E-state index contributed by atoms with van der Waals surface area (Å²) < 4.78 is 11.1. The van der Waals surface area contributed by atoms with E-state index in [0.29, 0.717) is 6.42 Å². The zero-order valence-electron chi connectivity index (χ0n) is 28.5. The molecule has 7 N–H and O–H groups in total. The average molecular weight is 648 g/mol. The molecule has 0 aromatic carbocycles. The van der Waals surface area contributed by atoms with E-state index in [0.717, 1.165) is 51.4 Å². The fraction of sp³-hybridized carbons (Fsp3) is 0.971. The predicted molar refractivity (Wildman–Crippen MR) is 177 cm³/mol. The Morgan fingerprint density at radius 2 is 1.16 bits per heavy atom. The van der Waals surface area contributed by atoms with Crippen LogP contribution in [-0.4, -0.2) is 98.7 Å². The molecule has 0 radical (unpaired) electrons. The molecule has 1 heterocycles. The Balaban J connectivity index is 2.52.